The van der Waals surface area contributed by atoms with E-state index in [0.29, 0.717) is 13.1 Å². The van der Waals surface area contributed by atoms with Crippen molar-refractivity contribution in [3.8, 4) is 0 Å². The third kappa shape index (κ3) is 1.88. The zero-order valence-corrected chi connectivity index (χ0v) is 9.06. The van der Waals surface area contributed by atoms with Crippen LogP contribution in [0, 0.1) is 6.92 Å². The minimum Gasteiger partial charge on any atom is -0.293 e. The van der Waals surface area contributed by atoms with E-state index in [-0.39, 0.29) is 12.1 Å². The zero-order valence-electron chi connectivity index (χ0n) is 9.06. The van der Waals surface area contributed by atoms with Gasteiger partial charge in [0.05, 0.1) is 6.54 Å². The first-order chi connectivity index (χ1) is 7.03. The number of rotatable bonds is 1. The number of hydrogen-bond acceptors (Lipinski definition) is 1. The number of alkyl halides is 2. The molecular formula is C12H15F2N. The molecule has 0 aromatic heterocycles. The number of benzene rings is 1. The standard InChI is InChI=1S/C12H15F2N/c1-3-15-7-10-5-4-9(2)6-11(10)12(13,14)8-15/h4-6H,3,7-8H2,1-2H3. The van der Waals surface area contributed by atoms with Crippen LogP contribution in [-0.4, -0.2) is 18.0 Å². The second-order valence-electron chi connectivity index (χ2n) is 4.17. The van der Waals surface area contributed by atoms with Crippen LogP contribution in [0.2, 0.25) is 0 Å². The van der Waals surface area contributed by atoms with Gasteiger partial charge in [0.1, 0.15) is 0 Å². The van der Waals surface area contributed by atoms with Gasteiger partial charge in [-0.15, -0.1) is 0 Å². The Hall–Kier alpha value is -0.960. The molecule has 0 atom stereocenters. The molecular weight excluding hydrogens is 196 g/mol. The second kappa shape index (κ2) is 3.56. The lowest BCUT2D eigenvalue weighted by Gasteiger charge is -2.33. The Balaban J connectivity index is 2.45. The van der Waals surface area contributed by atoms with Gasteiger partial charge >= 0.3 is 0 Å². The predicted molar refractivity (Wildman–Crippen MR) is 56.0 cm³/mol. The fourth-order valence-electron chi connectivity index (χ4n) is 2.06. The molecule has 0 radical (unpaired) electrons. The maximum atomic E-state index is 13.8. The van der Waals surface area contributed by atoms with E-state index < -0.39 is 5.92 Å². The van der Waals surface area contributed by atoms with Gasteiger partial charge in [0.15, 0.2) is 0 Å². The van der Waals surface area contributed by atoms with Crippen molar-refractivity contribution < 1.29 is 8.78 Å². The Bertz CT molecular complexity index is 374. The molecule has 2 rings (SSSR count). The van der Waals surface area contributed by atoms with Crippen LogP contribution in [-0.2, 0) is 12.5 Å². The summed E-state index contributed by atoms with van der Waals surface area (Å²) < 4.78 is 27.5. The van der Waals surface area contributed by atoms with Gasteiger partial charge in [0, 0.05) is 12.1 Å². The summed E-state index contributed by atoms with van der Waals surface area (Å²) in [4.78, 5) is 1.78. The molecule has 15 heavy (non-hydrogen) atoms. The van der Waals surface area contributed by atoms with Crippen molar-refractivity contribution in [1.29, 1.82) is 0 Å². The normalized spacial score (nSPS) is 20.0. The average Bonchev–Trinajstić information content (AvgIpc) is 2.18. The van der Waals surface area contributed by atoms with Crippen LogP contribution in [0.15, 0.2) is 18.2 Å². The maximum absolute atomic E-state index is 13.8. The van der Waals surface area contributed by atoms with Crippen molar-refractivity contribution in [2.75, 3.05) is 13.1 Å². The fourth-order valence-corrected chi connectivity index (χ4v) is 2.06. The van der Waals surface area contributed by atoms with Crippen molar-refractivity contribution in [3.63, 3.8) is 0 Å². The quantitative estimate of drug-likeness (QED) is 0.690. The van der Waals surface area contributed by atoms with Gasteiger partial charge in [-0.2, -0.15) is 8.78 Å². The van der Waals surface area contributed by atoms with Crippen LogP contribution in [0.4, 0.5) is 8.78 Å². The highest BCUT2D eigenvalue weighted by atomic mass is 19.3. The van der Waals surface area contributed by atoms with E-state index in [4.69, 9.17) is 0 Å². The largest absolute Gasteiger partial charge is 0.293 e. The van der Waals surface area contributed by atoms with Gasteiger partial charge in [-0.05, 0) is 25.1 Å². The Labute approximate surface area is 88.7 Å². The highest BCUT2D eigenvalue weighted by molar-refractivity contribution is 5.36. The van der Waals surface area contributed by atoms with E-state index in [0.717, 1.165) is 11.1 Å². The molecule has 1 heterocycles. The Kier molecular flexibility index (Phi) is 2.51. The summed E-state index contributed by atoms with van der Waals surface area (Å²) in [5.74, 6) is -2.70. The molecule has 3 heteroatoms. The summed E-state index contributed by atoms with van der Waals surface area (Å²) in [6.07, 6.45) is 0. The zero-order chi connectivity index (χ0) is 11.1. The lowest BCUT2D eigenvalue weighted by atomic mass is 9.95. The first kappa shape index (κ1) is 10.6. The maximum Gasteiger partial charge on any atom is 0.285 e. The monoisotopic (exact) mass is 211 g/mol. The van der Waals surface area contributed by atoms with E-state index in [1.807, 2.05) is 26.0 Å². The number of fused-ring (bicyclic) bond motifs is 1. The van der Waals surface area contributed by atoms with E-state index in [2.05, 4.69) is 0 Å². The molecule has 0 aliphatic carbocycles. The topological polar surface area (TPSA) is 3.24 Å². The molecule has 0 amide bonds. The lowest BCUT2D eigenvalue weighted by molar-refractivity contribution is -0.0509. The van der Waals surface area contributed by atoms with Crippen molar-refractivity contribution in [3.05, 3.63) is 34.9 Å². The van der Waals surface area contributed by atoms with Gasteiger partial charge < -0.3 is 0 Å². The van der Waals surface area contributed by atoms with Gasteiger partial charge in [0.2, 0.25) is 0 Å². The first-order valence-corrected chi connectivity index (χ1v) is 5.23. The molecule has 1 aliphatic rings. The highest BCUT2D eigenvalue weighted by Crippen LogP contribution is 2.36. The average molecular weight is 211 g/mol. The summed E-state index contributed by atoms with van der Waals surface area (Å²) in [5.41, 5.74) is 1.88. The van der Waals surface area contributed by atoms with Gasteiger partial charge in [-0.1, -0.05) is 24.6 Å². The van der Waals surface area contributed by atoms with Crippen LogP contribution in [0.25, 0.3) is 0 Å². The molecule has 0 unspecified atom stereocenters. The Morgan fingerprint density at radius 3 is 2.80 bits per heavy atom. The summed E-state index contributed by atoms with van der Waals surface area (Å²) in [6, 6.07) is 5.33. The number of halogens is 2. The van der Waals surface area contributed by atoms with Crippen molar-refractivity contribution in [1.82, 2.24) is 4.90 Å². The van der Waals surface area contributed by atoms with Crippen molar-refractivity contribution in [2.45, 2.75) is 26.3 Å². The molecule has 0 saturated carbocycles. The van der Waals surface area contributed by atoms with Crippen LogP contribution in [0.5, 0.6) is 0 Å². The lowest BCUT2D eigenvalue weighted by Crippen LogP contribution is -2.40. The molecule has 1 nitrogen and oxygen atoms in total. The van der Waals surface area contributed by atoms with Crippen molar-refractivity contribution >= 4 is 0 Å². The van der Waals surface area contributed by atoms with E-state index >= 15 is 0 Å². The summed E-state index contributed by atoms with van der Waals surface area (Å²) in [5, 5.41) is 0. The molecule has 0 saturated heterocycles. The molecule has 1 aromatic carbocycles. The third-order valence-electron chi connectivity index (χ3n) is 2.92. The summed E-state index contributed by atoms with van der Waals surface area (Å²) in [7, 11) is 0. The predicted octanol–water partition coefficient (Wildman–Crippen LogP) is 2.92. The van der Waals surface area contributed by atoms with E-state index in [9.17, 15) is 8.78 Å². The summed E-state index contributed by atoms with van der Waals surface area (Å²) >= 11 is 0. The Morgan fingerprint density at radius 2 is 2.13 bits per heavy atom. The van der Waals surface area contributed by atoms with Gasteiger partial charge in [0.25, 0.3) is 5.92 Å². The SMILES string of the molecule is CCN1Cc2ccc(C)cc2C(F)(F)C1. The molecule has 0 spiro atoms. The minimum atomic E-state index is -2.70. The third-order valence-corrected chi connectivity index (χ3v) is 2.92. The molecule has 82 valence electrons. The number of aryl methyl sites for hydroxylation is 1. The molecule has 1 aromatic rings. The van der Waals surface area contributed by atoms with Crippen LogP contribution < -0.4 is 0 Å². The highest BCUT2D eigenvalue weighted by Gasteiger charge is 2.39. The van der Waals surface area contributed by atoms with Crippen LogP contribution in [0.1, 0.15) is 23.6 Å². The van der Waals surface area contributed by atoms with Gasteiger partial charge in [-0.3, -0.25) is 4.90 Å². The summed E-state index contributed by atoms with van der Waals surface area (Å²) in [6.45, 7) is 4.92. The second-order valence-corrected chi connectivity index (χ2v) is 4.17. The molecule has 0 fully saturated rings. The number of hydrogen-bond donors (Lipinski definition) is 0. The number of likely N-dealkylation sites (N-methyl/N-ethyl adjacent to an activating group) is 1. The van der Waals surface area contributed by atoms with Gasteiger partial charge in [-0.25, -0.2) is 0 Å². The number of nitrogens with zero attached hydrogens (tertiary/aromatic N) is 1. The van der Waals surface area contributed by atoms with Crippen LogP contribution in [0.3, 0.4) is 0 Å². The van der Waals surface area contributed by atoms with Crippen molar-refractivity contribution in [2.24, 2.45) is 0 Å². The first-order valence-electron chi connectivity index (χ1n) is 5.23. The van der Waals surface area contributed by atoms with Crippen LogP contribution >= 0.6 is 0 Å². The van der Waals surface area contributed by atoms with E-state index in [1.165, 1.54) is 0 Å². The Morgan fingerprint density at radius 1 is 1.40 bits per heavy atom. The van der Waals surface area contributed by atoms with E-state index in [1.54, 1.807) is 11.0 Å². The molecule has 0 bridgehead atoms. The molecule has 0 N–H and O–H groups in total. The smallest absolute Gasteiger partial charge is 0.285 e. The fraction of sp³-hybridized carbons (Fsp3) is 0.500. The molecule has 1 aliphatic heterocycles. The minimum absolute atomic E-state index is 0.153.